The number of hydrogen-bond donors (Lipinski definition) is 0. The van der Waals surface area contributed by atoms with E-state index in [4.69, 9.17) is 0 Å². The molecule has 1 heteroatoms. The summed E-state index contributed by atoms with van der Waals surface area (Å²) in [4.78, 5) is 0. The molecular weight excluding hydrogens is 421 g/mol. The predicted molar refractivity (Wildman–Crippen MR) is 120 cm³/mol. The van der Waals surface area contributed by atoms with Gasteiger partial charge in [-0.25, -0.2) is 0 Å². The molecule has 0 aliphatic carbocycles. The summed E-state index contributed by atoms with van der Waals surface area (Å²) in [5.41, 5.74) is 0. The van der Waals surface area contributed by atoms with E-state index in [0.29, 0.717) is 0 Å². The van der Waals surface area contributed by atoms with E-state index in [1.165, 1.54) is 141 Å². The van der Waals surface area contributed by atoms with Crippen LogP contribution in [0.5, 0.6) is 0 Å². The summed E-state index contributed by atoms with van der Waals surface area (Å²) in [5.74, 6) is 0. The molecular formula is C24H51Cs. The van der Waals surface area contributed by atoms with Crippen LogP contribution in [0.15, 0.2) is 0 Å². The fraction of sp³-hybridized carbons (Fsp3) is 1.00. The van der Waals surface area contributed by atoms with Gasteiger partial charge in [-0.3, -0.25) is 0 Å². The number of unbranched alkanes of at least 4 members (excludes halogenated alkanes) is 21. The van der Waals surface area contributed by atoms with E-state index in [1.54, 1.807) is 0 Å². The number of rotatable bonds is 21. The van der Waals surface area contributed by atoms with Gasteiger partial charge in [-0.05, 0) is 0 Å². The van der Waals surface area contributed by atoms with Crippen molar-refractivity contribution in [2.24, 2.45) is 0 Å². The number of hydrogen-bond acceptors (Lipinski definition) is 0. The molecule has 0 aromatic carbocycles. The van der Waals surface area contributed by atoms with Crippen LogP contribution in [0.2, 0.25) is 0 Å². The minimum absolute atomic E-state index is 0. The summed E-state index contributed by atoms with van der Waals surface area (Å²) >= 11 is 0. The Labute approximate surface area is 220 Å². The van der Waals surface area contributed by atoms with Crippen molar-refractivity contribution in [3.8, 4) is 0 Å². The third kappa shape index (κ3) is 28.4. The molecule has 0 rings (SSSR count). The Bertz CT molecular complexity index is 180. The van der Waals surface area contributed by atoms with Crippen molar-refractivity contribution in [3.63, 3.8) is 0 Å². The zero-order chi connectivity index (χ0) is 17.6. The molecule has 0 heterocycles. The molecule has 0 saturated heterocycles. The van der Waals surface area contributed by atoms with Gasteiger partial charge in [0, 0.05) is 0 Å². The van der Waals surface area contributed by atoms with Gasteiger partial charge in [-0.15, -0.1) is 0 Å². The van der Waals surface area contributed by atoms with Crippen molar-refractivity contribution >= 4 is 68.9 Å². The molecule has 0 spiro atoms. The predicted octanol–water partition coefficient (Wildman–Crippen LogP) is 8.96. The van der Waals surface area contributed by atoms with Gasteiger partial charge in [0.1, 0.15) is 0 Å². The van der Waals surface area contributed by atoms with Gasteiger partial charge in [0.05, 0.1) is 0 Å². The first-order chi connectivity index (χ1) is 11.9. The topological polar surface area (TPSA) is 0 Å². The summed E-state index contributed by atoms with van der Waals surface area (Å²) < 4.78 is 0. The molecule has 0 fully saturated rings. The molecule has 0 N–H and O–H groups in total. The second kappa shape index (κ2) is 28.3. The molecule has 0 atom stereocenters. The molecule has 0 aliphatic heterocycles. The van der Waals surface area contributed by atoms with Gasteiger partial charge >= 0.3 is 68.9 Å². The van der Waals surface area contributed by atoms with Crippen LogP contribution in [0, 0.1) is 0 Å². The maximum absolute atomic E-state index is 2.30. The summed E-state index contributed by atoms with van der Waals surface area (Å²) in [7, 11) is 0. The first-order valence-electron chi connectivity index (χ1n) is 11.9. The molecule has 0 nitrogen and oxygen atoms in total. The van der Waals surface area contributed by atoms with Gasteiger partial charge in [-0.1, -0.05) is 155 Å². The second-order valence-electron chi connectivity index (χ2n) is 8.07. The van der Waals surface area contributed by atoms with E-state index in [2.05, 4.69) is 13.8 Å². The van der Waals surface area contributed by atoms with Gasteiger partial charge in [0.25, 0.3) is 0 Å². The Morgan fingerprint density at radius 3 is 0.480 bits per heavy atom. The van der Waals surface area contributed by atoms with E-state index < -0.39 is 0 Å². The van der Waals surface area contributed by atoms with Gasteiger partial charge in [-0.2, -0.15) is 0 Å². The van der Waals surface area contributed by atoms with Crippen molar-refractivity contribution in [3.05, 3.63) is 0 Å². The second-order valence-corrected chi connectivity index (χ2v) is 8.07. The molecule has 0 saturated carbocycles. The van der Waals surface area contributed by atoms with Crippen molar-refractivity contribution in [1.82, 2.24) is 0 Å². The molecule has 0 aliphatic rings. The van der Waals surface area contributed by atoms with E-state index in [1.807, 2.05) is 0 Å². The van der Waals surface area contributed by atoms with Crippen molar-refractivity contribution in [1.29, 1.82) is 0 Å². The van der Waals surface area contributed by atoms with E-state index >= 15 is 0 Å². The molecule has 0 unspecified atom stereocenters. The average molecular weight is 473 g/mol. The normalized spacial score (nSPS) is 10.8. The van der Waals surface area contributed by atoms with Gasteiger partial charge in [0.15, 0.2) is 0 Å². The Hall–Kier alpha value is 2.05. The average Bonchev–Trinajstić information content (AvgIpc) is 2.60. The molecule has 0 aromatic heterocycles. The summed E-state index contributed by atoms with van der Waals surface area (Å²) in [6.45, 7) is 4.60. The van der Waals surface area contributed by atoms with E-state index in [0.717, 1.165) is 0 Å². The van der Waals surface area contributed by atoms with Crippen molar-refractivity contribution < 1.29 is 0 Å². The third-order valence-electron chi connectivity index (χ3n) is 5.46. The molecule has 0 aromatic rings. The van der Waals surface area contributed by atoms with Crippen LogP contribution < -0.4 is 0 Å². The molecule has 0 bridgehead atoms. The van der Waals surface area contributed by atoms with E-state index in [-0.39, 0.29) is 68.9 Å². The van der Waals surface area contributed by atoms with Gasteiger partial charge < -0.3 is 0 Å². The zero-order valence-corrected chi connectivity index (χ0v) is 17.6. The Morgan fingerprint density at radius 2 is 0.360 bits per heavy atom. The summed E-state index contributed by atoms with van der Waals surface area (Å²) in [5, 5.41) is 0. The first kappa shape index (κ1) is 29.3. The standard InChI is InChI=1S/C24H50.Cs.H/c1-3-5-7-9-11-13-15-17-19-21-23-24-22-20-18-16-14-12-10-8-6-4-2;;/h3-24H2,1-2H3;;. The maximum atomic E-state index is 2.30. The minimum atomic E-state index is 0. The van der Waals surface area contributed by atoms with Gasteiger partial charge in [0.2, 0.25) is 0 Å². The third-order valence-corrected chi connectivity index (χ3v) is 5.46. The van der Waals surface area contributed by atoms with Crippen LogP contribution in [0.1, 0.15) is 155 Å². The summed E-state index contributed by atoms with van der Waals surface area (Å²) in [6.07, 6.45) is 32.4. The molecule has 148 valence electrons. The first-order valence-corrected chi connectivity index (χ1v) is 11.9. The molecule has 0 amide bonds. The van der Waals surface area contributed by atoms with Crippen LogP contribution in [0.25, 0.3) is 0 Å². The zero-order valence-electron chi connectivity index (χ0n) is 17.6. The van der Waals surface area contributed by atoms with Crippen LogP contribution in [-0.2, 0) is 0 Å². The van der Waals surface area contributed by atoms with Crippen molar-refractivity contribution in [2.75, 3.05) is 0 Å². The fourth-order valence-corrected chi connectivity index (χ4v) is 3.68. The van der Waals surface area contributed by atoms with Crippen LogP contribution in [0.3, 0.4) is 0 Å². The van der Waals surface area contributed by atoms with Crippen LogP contribution >= 0.6 is 0 Å². The van der Waals surface area contributed by atoms with Crippen molar-refractivity contribution in [2.45, 2.75) is 155 Å². The molecule has 0 radical (unpaired) electrons. The SMILES string of the molecule is CCCCCCCCCCCCCCCCCCCCCCCC.[CsH]. The fourth-order valence-electron chi connectivity index (χ4n) is 3.68. The Kier molecular flexibility index (Phi) is 33.1. The monoisotopic (exact) mass is 472 g/mol. The van der Waals surface area contributed by atoms with E-state index in [9.17, 15) is 0 Å². The quantitative estimate of drug-likeness (QED) is 0.146. The van der Waals surface area contributed by atoms with Crippen LogP contribution in [0.4, 0.5) is 0 Å². The Balaban J connectivity index is 0. The Morgan fingerprint density at radius 1 is 0.240 bits per heavy atom. The summed E-state index contributed by atoms with van der Waals surface area (Å²) in [6, 6.07) is 0. The van der Waals surface area contributed by atoms with Crippen LogP contribution in [-0.4, -0.2) is 68.9 Å². The molecule has 25 heavy (non-hydrogen) atoms.